The number of carbonyl (C=O) groups excluding carboxylic acids is 1. The lowest BCUT2D eigenvalue weighted by Crippen LogP contribution is -2.45. The van der Waals surface area contributed by atoms with Crippen molar-refractivity contribution in [2.75, 3.05) is 0 Å². The number of hydrogen-bond donors (Lipinski definition) is 3. The summed E-state index contributed by atoms with van der Waals surface area (Å²) in [7, 11) is 0. The van der Waals surface area contributed by atoms with E-state index in [1.54, 1.807) is 0 Å². The molecule has 1 aliphatic heterocycles. The fraction of sp³-hybridized carbons (Fsp3) is 0.952. The van der Waals surface area contributed by atoms with Crippen LogP contribution in [0.3, 0.4) is 0 Å². The van der Waals surface area contributed by atoms with Crippen molar-refractivity contribution in [1.29, 1.82) is 0 Å². The lowest BCUT2D eigenvalue weighted by atomic mass is 9.73. The Hall–Kier alpha value is -0.650. The summed E-state index contributed by atoms with van der Waals surface area (Å²) in [6.07, 6.45) is 15.0. The molecule has 4 fully saturated rings. The summed E-state index contributed by atoms with van der Waals surface area (Å²) < 4.78 is 0. The normalized spacial score (nSPS) is 41.1. The standard InChI is InChI=1S/C21H37N3O2/c1-2-20-23-21(24-26-20)16-8-10-17-15(13-16)9-11-18(17)22-19(25)12-14-6-4-3-5-7-14/h14-18,20-21,23-24H,2-13H2,1H3,(H,22,25)/t15?,16?,17?,18-,20?,21?/m1/s1. The van der Waals surface area contributed by atoms with Crippen LogP contribution in [0.4, 0.5) is 0 Å². The Balaban J connectivity index is 1.24. The summed E-state index contributed by atoms with van der Waals surface area (Å²) in [5.41, 5.74) is 3.22. The number of hydrogen-bond acceptors (Lipinski definition) is 4. The highest BCUT2D eigenvalue weighted by Gasteiger charge is 2.43. The second-order valence-electron chi connectivity index (χ2n) is 9.23. The van der Waals surface area contributed by atoms with Gasteiger partial charge in [-0.1, -0.05) is 26.2 Å². The maximum Gasteiger partial charge on any atom is 0.220 e. The van der Waals surface area contributed by atoms with Gasteiger partial charge in [0.25, 0.3) is 0 Å². The van der Waals surface area contributed by atoms with E-state index in [4.69, 9.17) is 4.84 Å². The summed E-state index contributed by atoms with van der Waals surface area (Å²) >= 11 is 0. The highest BCUT2D eigenvalue weighted by Crippen LogP contribution is 2.45. The number of amides is 1. The minimum absolute atomic E-state index is 0.160. The van der Waals surface area contributed by atoms with Crippen LogP contribution in [0.15, 0.2) is 0 Å². The molecule has 148 valence electrons. The minimum Gasteiger partial charge on any atom is -0.353 e. The summed E-state index contributed by atoms with van der Waals surface area (Å²) in [6, 6.07) is 0.432. The molecule has 1 heterocycles. The lowest BCUT2D eigenvalue weighted by Gasteiger charge is -2.36. The zero-order chi connectivity index (χ0) is 17.9. The molecule has 4 aliphatic rings. The molecule has 0 aromatic carbocycles. The smallest absolute Gasteiger partial charge is 0.220 e. The third kappa shape index (κ3) is 4.26. The number of nitrogens with one attached hydrogen (secondary N) is 3. The molecule has 6 atom stereocenters. The molecule has 4 rings (SSSR count). The van der Waals surface area contributed by atoms with E-state index in [0.29, 0.717) is 35.9 Å². The molecule has 0 spiro atoms. The predicted molar refractivity (Wildman–Crippen MR) is 102 cm³/mol. The first-order valence-corrected chi connectivity index (χ1v) is 11.2. The predicted octanol–water partition coefficient (Wildman–Crippen LogP) is 3.45. The van der Waals surface area contributed by atoms with Gasteiger partial charge in [0.2, 0.25) is 5.91 Å². The van der Waals surface area contributed by atoms with E-state index in [-0.39, 0.29) is 6.23 Å². The van der Waals surface area contributed by atoms with Gasteiger partial charge in [-0.15, -0.1) is 0 Å². The van der Waals surface area contributed by atoms with E-state index in [1.807, 2.05) is 0 Å². The topological polar surface area (TPSA) is 62.4 Å². The highest BCUT2D eigenvalue weighted by molar-refractivity contribution is 5.76. The Bertz CT molecular complexity index is 480. The van der Waals surface area contributed by atoms with Gasteiger partial charge in [0.05, 0.1) is 6.17 Å². The molecular formula is C21H37N3O2. The molecule has 3 saturated carbocycles. The molecular weight excluding hydrogens is 326 g/mol. The Morgan fingerprint density at radius 1 is 1.04 bits per heavy atom. The molecule has 1 saturated heterocycles. The Labute approximate surface area is 158 Å². The van der Waals surface area contributed by atoms with Crippen LogP contribution in [0.25, 0.3) is 0 Å². The van der Waals surface area contributed by atoms with Crippen LogP contribution in [-0.2, 0) is 9.63 Å². The van der Waals surface area contributed by atoms with Crippen LogP contribution in [-0.4, -0.2) is 24.3 Å². The van der Waals surface area contributed by atoms with Gasteiger partial charge in [0.1, 0.15) is 6.23 Å². The van der Waals surface area contributed by atoms with Gasteiger partial charge in [-0.25, -0.2) is 0 Å². The van der Waals surface area contributed by atoms with Gasteiger partial charge in [-0.3, -0.25) is 14.9 Å². The van der Waals surface area contributed by atoms with Crippen molar-refractivity contribution in [2.45, 2.75) is 102 Å². The van der Waals surface area contributed by atoms with Crippen LogP contribution in [0, 0.1) is 23.7 Å². The zero-order valence-corrected chi connectivity index (χ0v) is 16.3. The molecule has 0 aromatic rings. The van der Waals surface area contributed by atoms with Crippen molar-refractivity contribution in [3.05, 3.63) is 0 Å². The van der Waals surface area contributed by atoms with E-state index in [1.165, 1.54) is 64.2 Å². The van der Waals surface area contributed by atoms with Crippen molar-refractivity contribution in [3.63, 3.8) is 0 Å². The van der Waals surface area contributed by atoms with Crippen molar-refractivity contribution in [1.82, 2.24) is 16.1 Å². The average Bonchev–Trinajstić information content (AvgIpc) is 3.29. The minimum atomic E-state index is 0.160. The van der Waals surface area contributed by atoms with Crippen molar-refractivity contribution < 1.29 is 9.63 Å². The van der Waals surface area contributed by atoms with Gasteiger partial charge in [0, 0.05) is 12.5 Å². The molecule has 0 bridgehead atoms. The number of carbonyl (C=O) groups is 1. The first-order valence-electron chi connectivity index (χ1n) is 11.2. The van der Waals surface area contributed by atoms with E-state index >= 15 is 0 Å². The SMILES string of the molecule is CCC1NC(C2CCC3C(CC[C@H]3NC(=O)CC3CCCCC3)C2)NO1. The Kier molecular flexibility index (Phi) is 6.17. The van der Waals surface area contributed by atoms with E-state index in [2.05, 4.69) is 23.0 Å². The number of hydroxylamine groups is 1. The second-order valence-corrected chi connectivity index (χ2v) is 9.23. The first kappa shape index (κ1) is 18.7. The van der Waals surface area contributed by atoms with Crippen molar-refractivity contribution in [3.8, 4) is 0 Å². The Morgan fingerprint density at radius 3 is 2.62 bits per heavy atom. The summed E-state index contributed by atoms with van der Waals surface area (Å²) in [4.78, 5) is 18.1. The van der Waals surface area contributed by atoms with Gasteiger partial charge >= 0.3 is 0 Å². The molecule has 3 aliphatic carbocycles. The van der Waals surface area contributed by atoms with Crippen LogP contribution in [0.1, 0.15) is 84.0 Å². The third-order valence-electron chi connectivity index (χ3n) is 7.54. The third-order valence-corrected chi connectivity index (χ3v) is 7.54. The molecule has 5 nitrogen and oxygen atoms in total. The Morgan fingerprint density at radius 2 is 1.85 bits per heavy atom. The van der Waals surface area contributed by atoms with E-state index < -0.39 is 0 Å². The molecule has 26 heavy (non-hydrogen) atoms. The molecule has 1 amide bonds. The first-order chi connectivity index (χ1) is 12.7. The van der Waals surface area contributed by atoms with Crippen LogP contribution in [0.5, 0.6) is 0 Å². The summed E-state index contributed by atoms with van der Waals surface area (Å²) in [5.74, 6) is 3.10. The monoisotopic (exact) mass is 363 g/mol. The molecule has 0 radical (unpaired) electrons. The summed E-state index contributed by atoms with van der Waals surface area (Å²) in [5, 5.41) is 7.01. The van der Waals surface area contributed by atoms with Crippen molar-refractivity contribution >= 4 is 5.91 Å². The fourth-order valence-electron chi connectivity index (χ4n) is 6.05. The average molecular weight is 364 g/mol. The number of fused-ring (bicyclic) bond motifs is 1. The van der Waals surface area contributed by atoms with Gasteiger partial charge in [0.15, 0.2) is 0 Å². The highest BCUT2D eigenvalue weighted by atomic mass is 16.7. The van der Waals surface area contributed by atoms with Gasteiger partial charge < -0.3 is 5.32 Å². The molecule has 5 unspecified atom stereocenters. The fourth-order valence-corrected chi connectivity index (χ4v) is 6.05. The molecule has 3 N–H and O–H groups in total. The van der Waals surface area contributed by atoms with Crippen molar-refractivity contribution in [2.24, 2.45) is 23.7 Å². The lowest BCUT2D eigenvalue weighted by molar-refractivity contribution is -0.123. The molecule has 0 aromatic heterocycles. The quantitative estimate of drug-likeness (QED) is 0.700. The second kappa shape index (κ2) is 8.57. The van der Waals surface area contributed by atoms with E-state index in [0.717, 1.165) is 18.8 Å². The summed E-state index contributed by atoms with van der Waals surface area (Å²) in [6.45, 7) is 2.15. The number of rotatable bonds is 5. The maximum atomic E-state index is 12.5. The van der Waals surface area contributed by atoms with E-state index in [9.17, 15) is 4.79 Å². The van der Waals surface area contributed by atoms with Gasteiger partial charge in [-0.05, 0) is 75.0 Å². The van der Waals surface area contributed by atoms with Crippen LogP contribution in [0.2, 0.25) is 0 Å². The largest absolute Gasteiger partial charge is 0.353 e. The van der Waals surface area contributed by atoms with Crippen LogP contribution >= 0.6 is 0 Å². The van der Waals surface area contributed by atoms with Gasteiger partial charge in [-0.2, -0.15) is 5.48 Å². The maximum absolute atomic E-state index is 12.5. The van der Waals surface area contributed by atoms with Crippen LogP contribution < -0.4 is 16.1 Å². The zero-order valence-electron chi connectivity index (χ0n) is 16.3. The molecule has 5 heteroatoms.